The van der Waals surface area contributed by atoms with E-state index in [1.807, 2.05) is 45.0 Å². The van der Waals surface area contributed by atoms with Crippen LogP contribution in [0, 0.1) is 0 Å². The Kier molecular flexibility index (Phi) is 9.32. The summed E-state index contributed by atoms with van der Waals surface area (Å²) in [7, 11) is 0. The minimum absolute atomic E-state index is 0.0450. The predicted molar refractivity (Wildman–Crippen MR) is 174 cm³/mol. The molecule has 0 saturated carbocycles. The molecular formula is C36H38N2O7. The highest BCUT2D eigenvalue weighted by Crippen LogP contribution is 2.33. The first-order chi connectivity index (χ1) is 21.2. The van der Waals surface area contributed by atoms with Gasteiger partial charge in [-0.25, -0.2) is 9.59 Å². The molecule has 0 fully saturated rings. The van der Waals surface area contributed by atoms with Crippen molar-refractivity contribution in [2.45, 2.75) is 65.3 Å². The Morgan fingerprint density at radius 1 is 0.622 bits per heavy atom. The van der Waals surface area contributed by atoms with Crippen molar-refractivity contribution in [1.82, 2.24) is 5.32 Å². The van der Waals surface area contributed by atoms with Gasteiger partial charge in [0, 0.05) is 33.1 Å². The first kappa shape index (κ1) is 32.7. The summed E-state index contributed by atoms with van der Waals surface area (Å²) in [5.41, 5.74) is 0.324. The van der Waals surface area contributed by atoms with E-state index in [4.69, 9.17) is 4.74 Å². The monoisotopic (exact) mass is 610 g/mol. The highest BCUT2D eigenvalue weighted by molar-refractivity contribution is 6.24. The molecule has 4 N–H and O–H groups in total. The lowest BCUT2D eigenvalue weighted by atomic mass is 9.82. The summed E-state index contributed by atoms with van der Waals surface area (Å²) >= 11 is 0. The maximum Gasteiger partial charge on any atom is 0.336 e. The molecule has 45 heavy (non-hydrogen) atoms. The van der Waals surface area contributed by atoms with Crippen molar-refractivity contribution >= 4 is 40.2 Å². The number of rotatable bonds is 11. The van der Waals surface area contributed by atoms with Crippen LogP contribution < -0.4 is 15.4 Å². The number of carboxylic acid groups (broad SMARTS) is 2. The fraction of sp³-hybridized carbons (Fsp3) is 0.278. The van der Waals surface area contributed by atoms with Gasteiger partial charge >= 0.3 is 11.9 Å². The smallest absolute Gasteiger partial charge is 0.336 e. The average molecular weight is 611 g/mol. The zero-order chi connectivity index (χ0) is 33.1. The van der Waals surface area contributed by atoms with E-state index in [1.165, 1.54) is 29.8 Å². The van der Waals surface area contributed by atoms with Crippen LogP contribution in [0.3, 0.4) is 0 Å². The Morgan fingerprint density at radius 2 is 1.07 bits per heavy atom. The van der Waals surface area contributed by atoms with Gasteiger partial charge in [-0.1, -0.05) is 39.8 Å². The quantitative estimate of drug-likeness (QED) is 0.135. The molecule has 9 nitrogen and oxygen atoms in total. The molecule has 0 spiro atoms. The van der Waals surface area contributed by atoms with E-state index >= 15 is 0 Å². The molecule has 9 heteroatoms. The number of ether oxygens (including phenoxy) is 1. The van der Waals surface area contributed by atoms with Crippen molar-refractivity contribution in [2.24, 2.45) is 0 Å². The van der Waals surface area contributed by atoms with E-state index in [2.05, 4.69) is 31.4 Å². The molecule has 0 bridgehead atoms. The van der Waals surface area contributed by atoms with Crippen LogP contribution in [0.15, 0.2) is 72.8 Å². The Balaban J connectivity index is 1.67. The fourth-order valence-corrected chi connectivity index (χ4v) is 4.81. The Bertz CT molecular complexity index is 1770. The van der Waals surface area contributed by atoms with Gasteiger partial charge in [-0.2, -0.15) is 0 Å². The number of anilines is 1. The largest absolute Gasteiger partial charge is 0.478 e. The van der Waals surface area contributed by atoms with E-state index in [-0.39, 0.29) is 38.4 Å². The molecule has 0 heterocycles. The second kappa shape index (κ2) is 12.8. The highest BCUT2D eigenvalue weighted by atomic mass is 16.5. The van der Waals surface area contributed by atoms with Crippen LogP contribution >= 0.6 is 0 Å². The Hall–Kier alpha value is -5.18. The molecule has 4 rings (SSSR count). The molecule has 0 unspecified atom stereocenters. The summed E-state index contributed by atoms with van der Waals surface area (Å²) in [6, 6.07) is 19.5. The predicted octanol–water partition coefficient (Wildman–Crippen LogP) is 7.89. The van der Waals surface area contributed by atoms with Crippen molar-refractivity contribution < 1.29 is 34.1 Å². The topological polar surface area (TPSA) is 142 Å². The van der Waals surface area contributed by atoms with Crippen molar-refractivity contribution in [2.75, 3.05) is 5.32 Å². The lowest BCUT2D eigenvalue weighted by molar-refractivity contribution is 0.0686. The normalized spacial score (nSPS) is 11.6. The molecule has 2 amide bonds. The number of carbonyl (C=O) groups excluding carboxylic acids is 2. The molecule has 0 radical (unpaired) electrons. The number of aromatic carboxylic acids is 2. The van der Waals surface area contributed by atoms with Gasteiger partial charge in [-0.3, -0.25) is 9.59 Å². The van der Waals surface area contributed by atoms with Gasteiger partial charge in [-0.05, 0) is 98.3 Å². The van der Waals surface area contributed by atoms with Crippen molar-refractivity contribution in [3.05, 3.63) is 101 Å². The van der Waals surface area contributed by atoms with Crippen LogP contribution in [0.4, 0.5) is 5.69 Å². The van der Waals surface area contributed by atoms with Gasteiger partial charge in [0.1, 0.15) is 11.5 Å². The number of carboxylic acids is 2. The maximum atomic E-state index is 13.6. The number of carbonyl (C=O) groups is 4. The van der Waals surface area contributed by atoms with Gasteiger partial charge in [-0.15, -0.1) is 0 Å². The van der Waals surface area contributed by atoms with Crippen LogP contribution in [0.2, 0.25) is 0 Å². The van der Waals surface area contributed by atoms with E-state index in [0.29, 0.717) is 23.6 Å². The van der Waals surface area contributed by atoms with Gasteiger partial charge in [0.05, 0.1) is 11.1 Å². The number of amides is 2. The second-order valence-corrected chi connectivity index (χ2v) is 12.2. The molecule has 234 valence electrons. The summed E-state index contributed by atoms with van der Waals surface area (Å²) in [5, 5.41) is 25.3. The molecular weight excluding hydrogens is 572 g/mol. The fourth-order valence-electron chi connectivity index (χ4n) is 4.81. The molecule has 4 aromatic carbocycles. The molecule has 0 aliphatic carbocycles. The number of hydrogen-bond donors (Lipinski definition) is 4. The zero-order valence-corrected chi connectivity index (χ0v) is 26.3. The number of fused-ring (bicyclic) bond motifs is 1. The van der Waals surface area contributed by atoms with Crippen LogP contribution in [0.1, 0.15) is 101 Å². The van der Waals surface area contributed by atoms with E-state index in [9.17, 15) is 29.4 Å². The van der Waals surface area contributed by atoms with Crippen molar-refractivity contribution in [3.8, 4) is 11.5 Å². The summed E-state index contributed by atoms with van der Waals surface area (Å²) in [4.78, 5) is 51.4. The standard InChI is InChI=1S/C36H38N2O7/c1-7-35(3,4)21-9-13-23(14-10-21)45-24-15-11-22(12-16-24)37-31(39)25-17-19-28(34(43)44)30-26(32(40)38-36(5,6)8-2)18-20-27(29(25)30)33(41)42/h9-20H,7-8H2,1-6H3,(H,37,39)(H,38,40)(H,41,42)(H,43,44). The number of hydrogen-bond acceptors (Lipinski definition) is 5. The minimum Gasteiger partial charge on any atom is -0.478 e. The van der Waals surface area contributed by atoms with Gasteiger partial charge in [0.25, 0.3) is 11.8 Å². The molecule has 0 atom stereocenters. The molecule has 0 aliphatic rings. The second-order valence-electron chi connectivity index (χ2n) is 12.2. The van der Waals surface area contributed by atoms with Crippen LogP contribution in [0.25, 0.3) is 10.8 Å². The maximum absolute atomic E-state index is 13.6. The van der Waals surface area contributed by atoms with Crippen molar-refractivity contribution in [3.63, 3.8) is 0 Å². The molecule has 4 aromatic rings. The lowest BCUT2D eigenvalue weighted by Gasteiger charge is -2.25. The summed E-state index contributed by atoms with van der Waals surface area (Å²) in [6.07, 6.45) is 1.60. The van der Waals surface area contributed by atoms with E-state index in [1.54, 1.807) is 24.3 Å². The third-order valence-electron chi connectivity index (χ3n) is 8.31. The SMILES string of the molecule is CCC(C)(C)NC(=O)c1ccc(C(=O)O)c2c(C(=O)Nc3ccc(Oc4ccc(C(C)(C)CC)cc4)cc3)ccc(C(=O)O)c12. The number of benzene rings is 4. The van der Waals surface area contributed by atoms with E-state index < -0.39 is 29.3 Å². The summed E-state index contributed by atoms with van der Waals surface area (Å²) in [6.45, 7) is 12.0. The molecule has 0 aromatic heterocycles. The van der Waals surface area contributed by atoms with Crippen LogP contribution in [-0.2, 0) is 5.41 Å². The van der Waals surface area contributed by atoms with Crippen molar-refractivity contribution in [1.29, 1.82) is 0 Å². The minimum atomic E-state index is -1.37. The van der Waals surface area contributed by atoms with Gasteiger partial charge in [0.2, 0.25) is 0 Å². The molecule has 0 saturated heterocycles. The first-order valence-electron chi connectivity index (χ1n) is 14.8. The number of nitrogens with one attached hydrogen (secondary N) is 2. The third-order valence-corrected chi connectivity index (χ3v) is 8.31. The summed E-state index contributed by atoms with van der Waals surface area (Å²) in [5.74, 6) is -2.78. The third kappa shape index (κ3) is 7.15. The first-order valence-corrected chi connectivity index (χ1v) is 14.8. The Morgan fingerprint density at radius 3 is 1.51 bits per heavy atom. The molecule has 0 aliphatic heterocycles. The average Bonchev–Trinajstić information content (AvgIpc) is 3.00. The summed E-state index contributed by atoms with van der Waals surface area (Å²) < 4.78 is 5.97. The van der Waals surface area contributed by atoms with Gasteiger partial charge < -0.3 is 25.6 Å². The lowest BCUT2D eigenvalue weighted by Crippen LogP contribution is -2.42. The Labute approximate surface area is 262 Å². The van der Waals surface area contributed by atoms with Crippen LogP contribution in [0.5, 0.6) is 11.5 Å². The highest BCUT2D eigenvalue weighted by Gasteiger charge is 2.27. The van der Waals surface area contributed by atoms with E-state index in [0.717, 1.165) is 6.42 Å². The van der Waals surface area contributed by atoms with Crippen LogP contribution in [-0.4, -0.2) is 39.5 Å². The zero-order valence-electron chi connectivity index (χ0n) is 26.3. The van der Waals surface area contributed by atoms with Gasteiger partial charge in [0.15, 0.2) is 0 Å².